The van der Waals surface area contributed by atoms with Crippen LogP contribution in [-0.2, 0) is 4.79 Å². The van der Waals surface area contributed by atoms with Gasteiger partial charge in [-0.05, 0) is 31.0 Å². The molecule has 0 spiro atoms. The molecule has 0 aliphatic carbocycles. The minimum absolute atomic E-state index is 0.0758. The van der Waals surface area contributed by atoms with Gasteiger partial charge in [-0.1, -0.05) is 11.6 Å². The number of aliphatic hydroxyl groups excluding tert-OH is 1. The Morgan fingerprint density at radius 1 is 1.33 bits per heavy atom. The van der Waals surface area contributed by atoms with Crippen LogP contribution in [0.1, 0.15) is 29.6 Å². The molecule has 0 aromatic heterocycles. The fraction of sp³-hybridized carbons (Fsp3) is 0.333. The molecule has 4 N–H and O–H groups in total. The molecule has 0 atom stereocenters. The van der Waals surface area contributed by atoms with Crippen LogP contribution in [0.15, 0.2) is 18.2 Å². The zero-order valence-corrected chi connectivity index (χ0v) is 10.5. The van der Waals surface area contributed by atoms with Crippen molar-refractivity contribution in [3.8, 4) is 0 Å². The van der Waals surface area contributed by atoms with Crippen LogP contribution < -0.4 is 11.1 Å². The first-order valence-electron chi connectivity index (χ1n) is 5.54. The number of carbonyl (C=O) groups is 2. The Bertz CT molecular complexity index is 449. The van der Waals surface area contributed by atoms with Gasteiger partial charge in [0.15, 0.2) is 0 Å². The van der Waals surface area contributed by atoms with Crippen molar-refractivity contribution in [3.63, 3.8) is 0 Å². The van der Waals surface area contributed by atoms with Crippen LogP contribution in [-0.4, -0.2) is 23.5 Å². The van der Waals surface area contributed by atoms with Crippen molar-refractivity contribution in [1.29, 1.82) is 0 Å². The molecule has 0 unspecified atom stereocenters. The normalized spacial score (nSPS) is 10.1. The molecule has 1 rings (SSSR count). The van der Waals surface area contributed by atoms with Crippen molar-refractivity contribution in [3.05, 3.63) is 28.8 Å². The van der Waals surface area contributed by atoms with Crippen LogP contribution in [0.5, 0.6) is 0 Å². The standard InChI is InChI=1S/C12H15ClN2O3/c13-10-7-8(4-5-9(10)12(14)18)15-11(17)3-1-2-6-16/h4-5,7,16H,1-3,6H2,(H2,14,18)(H,15,17). The number of nitrogens with one attached hydrogen (secondary N) is 1. The number of aliphatic hydroxyl groups is 1. The summed E-state index contributed by atoms with van der Waals surface area (Å²) in [6, 6.07) is 4.51. The van der Waals surface area contributed by atoms with Crippen molar-refractivity contribution >= 4 is 29.1 Å². The zero-order valence-electron chi connectivity index (χ0n) is 9.78. The van der Waals surface area contributed by atoms with Crippen LogP contribution in [0.4, 0.5) is 5.69 Å². The van der Waals surface area contributed by atoms with Crippen molar-refractivity contribution in [2.24, 2.45) is 5.73 Å². The van der Waals surface area contributed by atoms with Crippen molar-refractivity contribution in [2.75, 3.05) is 11.9 Å². The van der Waals surface area contributed by atoms with Gasteiger partial charge in [0.05, 0.1) is 10.6 Å². The van der Waals surface area contributed by atoms with Crippen molar-refractivity contribution in [2.45, 2.75) is 19.3 Å². The van der Waals surface area contributed by atoms with Crippen molar-refractivity contribution < 1.29 is 14.7 Å². The van der Waals surface area contributed by atoms with E-state index in [-0.39, 0.29) is 23.1 Å². The fourth-order valence-corrected chi connectivity index (χ4v) is 1.69. The number of hydrogen-bond donors (Lipinski definition) is 3. The van der Waals surface area contributed by atoms with Gasteiger partial charge < -0.3 is 16.2 Å². The maximum atomic E-state index is 11.5. The van der Waals surface area contributed by atoms with Gasteiger partial charge in [0.1, 0.15) is 0 Å². The van der Waals surface area contributed by atoms with E-state index in [0.29, 0.717) is 24.9 Å². The smallest absolute Gasteiger partial charge is 0.250 e. The number of amides is 2. The van der Waals surface area contributed by atoms with Crippen LogP contribution >= 0.6 is 11.6 Å². The lowest BCUT2D eigenvalue weighted by molar-refractivity contribution is -0.116. The molecule has 1 aromatic carbocycles. The van der Waals surface area contributed by atoms with Gasteiger partial charge >= 0.3 is 0 Å². The van der Waals surface area contributed by atoms with Crippen molar-refractivity contribution in [1.82, 2.24) is 0 Å². The summed E-state index contributed by atoms with van der Waals surface area (Å²) < 4.78 is 0. The van der Waals surface area contributed by atoms with Gasteiger partial charge in [0, 0.05) is 18.7 Å². The van der Waals surface area contributed by atoms with E-state index in [4.69, 9.17) is 22.4 Å². The summed E-state index contributed by atoms with van der Waals surface area (Å²) in [5.74, 6) is -0.771. The van der Waals surface area contributed by atoms with Gasteiger partial charge in [-0.15, -0.1) is 0 Å². The number of primary amides is 1. The predicted octanol–water partition coefficient (Wildman–Crippen LogP) is 1.54. The van der Waals surface area contributed by atoms with E-state index < -0.39 is 5.91 Å². The summed E-state index contributed by atoms with van der Waals surface area (Å²) in [6.07, 6.45) is 1.54. The first-order chi connectivity index (χ1) is 8.54. The molecule has 18 heavy (non-hydrogen) atoms. The largest absolute Gasteiger partial charge is 0.396 e. The summed E-state index contributed by atoms with van der Waals surface area (Å²) in [7, 11) is 0. The summed E-state index contributed by atoms with van der Waals surface area (Å²) in [4.78, 5) is 22.4. The van der Waals surface area contributed by atoms with Crippen LogP contribution in [0.25, 0.3) is 0 Å². The van der Waals surface area contributed by atoms with E-state index in [1.165, 1.54) is 12.1 Å². The number of hydrogen-bond acceptors (Lipinski definition) is 3. The lowest BCUT2D eigenvalue weighted by atomic mass is 10.2. The fourth-order valence-electron chi connectivity index (χ4n) is 1.41. The Labute approximate surface area is 110 Å². The molecule has 0 radical (unpaired) electrons. The van der Waals surface area contributed by atoms with Gasteiger partial charge in [-0.25, -0.2) is 0 Å². The van der Waals surface area contributed by atoms with Crippen LogP contribution in [0.2, 0.25) is 5.02 Å². The molecule has 0 saturated heterocycles. The lowest BCUT2D eigenvalue weighted by Crippen LogP contribution is -2.13. The first kappa shape index (κ1) is 14.5. The highest BCUT2D eigenvalue weighted by Gasteiger charge is 2.08. The first-order valence-corrected chi connectivity index (χ1v) is 5.92. The number of halogens is 1. The summed E-state index contributed by atoms with van der Waals surface area (Å²) in [5, 5.41) is 11.4. The average Bonchev–Trinajstić information content (AvgIpc) is 2.28. The zero-order chi connectivity index (χ0) is 13.5. The number of carbonyl (C=O) groups excluding carboxylic acids is 2. The van der Waals surface area contributed by atoms with E-state index >= 15 is 0 Å². The highest BCUT2D eigenvalue weighted by atomic mass is 35.5. The minimum Gasteiger partial charge on any atom is -0.396 e. The molecule has 0 aliphatic rings. The molecule has 0 saturated carbocycles. The monoisotopic (exact) mass is 270 g/mol. The van der Waals surface area contributed by atoms with E-state index in [1.54, 1.807) is 6.07 Å². The summed E-state index contributed by atoms with van der Waals surface area (Å²) in [6.45, 7) is 0.0758. The second-order valence-corrected chi connectivity index (χ2v) is 4.19. The molecule has 0 bridgehead atoms. The number of unbranched alkanes of at least 4 members (excludes halogenated alkanes) is 1. The Hall–Kier alpha value is -1.59. The molecule has 5 nitrogen and oxygen atoms in total. The Morgan fingerprint density at radius 2 is 2.06 bits per heavy atom. The molecule has 2 amide bonds. The van der Waals surface area contributed by atoms with Gasteiger partial charge in [0.2, 0.25) is 11.8 Å². The van der Waals surface area contributed by atoms with E-state index in [9.17, 15) is 9.59 Å². The van der Waals surface area contributed by atoms with E-state index in [0.717, 1.165) is 0 Å². The predicted molar refractivity (Wildman–Crippen MR) is 69.5 cm³/mol. The van der Waals surface area contributed by atoms with Crippen LogP contribution in [0.3, 0.4) is 0 Å². The molecular formula is C12H15ClN2O3. The molecule has 0 fully saturated rings. The second-order valence-electron chi connectivity index (χ2n) is 3.79. The quantitative estimate of drug-likeness (QED) is 0.685. The van der Waals surface area contributed by atoms with Gasteiger partial charge in [-0.3, -0.25) is 9.59 Å². The Morgan fingerprint density at radius 3 is 2.61 bits per heavy atom. The lowest BCUT2D eigenvalue weighted by Gasteiger charge is -2.07. The Balaban J connectivity index is 2.60. The van der Waals surface area contributed by atoms with E-state index in [1.807, 2.05) is 0 Å². The van der Waals surface area contributed by atoms with Gasteiger partial charge in [-0.2, -0.15) is 0 Å². The Kier molecular flexibility index (Phi) is 5.61. The molecule has 6 heteroatoms. The van der Waals surface area contributed by atoms with Gasteiger partial charge in [0.25, 0.3) is 0 Å². The number of benzene rings is 1. The highest BCUT2D eigenvalue weighted by Crippen LogP contribution is 2.20. The second kappa shape index (κ2) is 6.98. The number of anilines is 1. The maximum Gasteiger partial charge on any atom is 0.250 e. The molecule has 98 valence electrons. The number of nitrogens with two attached hydrogens (primary N) is 1. The maximum absolute atomic E-state index is 11.5. The molecule has 0 aliphatic heterocycles. The average molecular weight is 271 g/mol. The number of rotatable bonds is 6. The third kappa shape index (κ3) is 4.35. The summed E-state index contributed by atoms with van der Waals surface area (Å²) >= 11 is 5.85. The topological polar surface area (TPSA) is 92.4 Å². The molecule has 0 heterocycles. The molecule has 1 aromatic rings. The summed E-state index contributed by atoms with van der Waals surface area (Å²) in [5.41, 5.74) is 5.84. The van der Waals surface area contributed by atoms with Crippen LogP contribution in [0, 0.1) is 0 Å². The third-order valence-corrected chi connectivity index (χ3v) is 2.64. The third-order valence-electron chi connectivity index (χ3n) is 2.33. The SMILES string of the molecule is NC(=O)c1ccc(NC(=O)CCCCO)cc1Cl. The van der Waals surface area contributed by atoms with E-state index in [2.05, 4.69) is 5.32 Å². The molecular weight excluding hydrogens is 256 g/mol. The highest BCUT2D eigenvalue weighted by molar-refractivity contribution is 6.34. The minimum atomic E-state index is -0.610.